The summed E-state index contributed by atoms with van der Waals surface area (Å²) >= 11 is 0. The van der Waals surface area contributed by atoms with Gasteiger partial charge in [0.15, 0.2) is 0 Å². The minimum atomic E-state index is 0.0370. The van der Waals surface area contributed by atoms with Gasteiger partial charge in [0.2, 0.25) is 0 Å². The Morgan fingerprint density at radius 1 is 1.42 bits per heavy atom. The Labute approximate surface area is 72.7 Å². The summed E-state index contributed by atoms with van der Waals surface area (Å²) in [5, 5.41) is 0. The SMILES string of the molecule is COC1[C]=CCc2ccccc21. The Bertz CT molecular complexity index is 302. The third-order valence-corrected chi connectivity index (χ3v) is 2.16. The van der Waals surface area contributed by atoms with E-state index in [1.807, 2.05) is 12.1 Å². The van der Waals surface area contributed by atoms with Crippen molar-refractivity contribution in [2.45, 2.75) is 12.5 Å². The molecule has 0 aliphatic heterocycles. The smallest absolute Gasteiger partial charge is 0.107 e. The predicted molar refractivity (Wildman–Crippen MR) is 47.7 cm³/mol. The fourth-order valence-corrected chi connectivity index (χ4v) is 1.54. The van der Waals surface area contributed by atoms with Crippen LogP contribution in [0.1, 0.15) is 17.2 Å². The lowest BCUT2D eigenvalue weighted by Gasteiger charge is -2.18. The zero-order valence-corrected chi connectivity index (χ0v) is 7.08. The third kappa shape index (κ3) is 1.16. The minimum Gasteiger partial charge on any atom is -0.372 e. The summed E-state index contributed by atoms with van der Waals surface area (Å²) in [6.07, 6.45) is 6.24. The molecule has 0 heterocycles. The maximum Gasteiger partial charge on any atom is 0.107 e. The van der Waals surface area contributed by atoms with Crippen LogP contribution in [0.3, 0.4) is 0 Å². The van der Waals surface area contributed by atoms with Crippen LogP contribution < -0.4 is 0 Å². The van der Waals surface area contributed by atoms with Gasteiger partial charge in [-0.15, -0.1) is 0 Å². The van der Waals surface area contributed by atoms with Crippen LogP contribution in [0.5, 0.6) is 0 Å². The normalized spacial score (nSPS) is 20.6. The topological polar surface area (TPSA) is 9.23 Å². The fraction of sp³-hybridized carbons (Fsp3) is 0.273. The Morgan fingerprint density at radius 2 is 2.25 bits per heavy atom. The van der Waals surface area contributed by atoms with Crippen molar-refractivity contribution in [2.24, 2.45) is 0 Å². The second-order valence-electron chi connectivity index (χ2n) is 2.89. The number of benzene rings is 1. The summed E-state index contributed by atoms with van der Waals surface area (Å²) in [7, 11) is 1.72. The van der Waals surface area contributed by atoms with Gasteiger partial charge in [0.1, 0.15) is 6.10 Å². The molecule has 0 N–H and O–H groups in total. The van der Waals surface area contributed by atoms with Crippen LogP contribution in [0.4, 0.5) is 0 Å². The Kier molecular flexibility index (Phi) is 1.96. The number of hydrogen-bond acceptors (Lipinski definition) is 1. The summed E-state index contributed by atoms with van der Waals surface area (Å²) in [5.41, 5.74) is 2.60. The Balaban J connectivity index is 2.43. The molecule has 1 unspecified atom stereocenters. The van der Waals surface area contributed by atoms with E-state index in [9.17, 15) is 0 Å². The lowest BCUT2D eigenvalue weighted by atomic mass is 9.95. The van der Waals surface area contributed by atoms with Gasteiger partial charge in [0, 0.05) is 7.11 Å². The van der Waals surface area contributed by atoms with Crippen molar-refractivity contribution >= 4 is 0 Å². The zero-order valence-electron chi connectivity index (χ0n) is 7.08. The molecule has 1 nitrogen and oxygen atoms in total. The quantitative estimate of drug-likeness (QED) is 0.611. The monoisotopic (exact) mass is 159 g/mol. The number of methoxy groups -OCH3 is 1. The molecule has 1 aromatic rings. The zero-order chi connectivity index (χ0) is 8.39. The van der Waals surface area contributed by atoms with Gasteiger partial charge >= 0.3 is 0 Å². The fourth-order valence-electron chi connectivity index (χ4n) is 1.54. The summed E-state index contributed by atoms with van der Waals surface area (Å²) in [5.74, 6) is 0. The highest BCUT2D eigenvalue weighted by Gasteiger charge is 2.14. The number of ether oxygens (including phenoxy) is 1. The molecule has 0 spiro atoms. The van der Waals surface area contributed by atoms with Crippen molar-refractivity contribution in [3.63, 3.8) is 0 Å². The molecule has 0 aromatic heterocycles. The standard InChI is InChI=1S/C11H11O/c1-12-11-8-4-6-9-5-2-3-7-10(9)11/h2-5,7,11H,6H2,1H3. The molecule has 1 heteroatoms. The molecule has 1 radical (unpaired) electrons. The van der Waals surface area contributed by atoms with E-state index in [0.29, 0.717) is 0 Å². The van der Waals surface area contributed by atoms with E-state index in [1.54, 1.807) is 7.11 Å². The molecule has 1 aromatic carbocycles. The highest BCUT2D eigenvalue weighted by atomic mass is 16.5. The Morgan fingerprint density at radius 3 is 3.08 bits per heavy atom. The van der Waals surface area contributed by atoms with Crippen LogP contribution in [0, 0.1) is 6.08 Å². The van der Waals surface area contributed by atoms with Gasteiger partial charge in [-0.05, 0) is 23.6 Å². The van der Waals surface area contributed by atoms with Crippen LogP contribution in [-0.4, -0.2) is 7.11 Å². The summed E-state index contributed by atoms with van der Waals surface area (Å²) in [6.45, 7) is 0. The van der Waals surface area contributed by atoms with Crippen molar-refractivity contribution < 1.29 is 4.74 Å². The van der Waals surface area contributed by atoms with Crippen LogP contribution in [0.25, 0.3) is 0 Å². The Hall–Kier alpha value is -1.08. The molecule has 61 valence electrons. The van der Waals surface area contributed by atoms with Crippen molar-refractivity contribution in [1.29, 1.82) is 0 Å². The van der Waals surface area contributed by atoms with Gasteiger partial charge in [-0.2, -0.15) is 0 Å². The third-order valence-electron chi connectivity index (χ3n) is 2.16. The van der Waals surface area contributed by atoms with Crippen LogP contribution in [0.15, 0.2) is 30.3 Å². The van der Waals surface area contributed by atoms with E-state index in [0.717, 1.165) is 6.42 Å². The van der Waals surface area contributed by atoms with Gasteiger partial charge < -0.3 is 4.74 Å². The molecule has 1 atom stereocenters. The lowest BCUT2D eigenvalue weighted by Crippen LogP contribution is -2.06. The average molecular weight is 159 g/mol. The first-order valence-electron chi connectivity index (χ1n) is 4.10. The molecule has 0 saturated carbocycles. The minimum absolute atomic E-state index is 0.0370. The van der Waals surface area contributed by atoms with E-state index >= 15 is 0 Å². The maximum absolute atomic E-state index is 5.28. The molecule has 0 saturated heterocycles. The molecule has 1 aliphatic rings. The van der Waals surface area contributed by atoms with E-state index in [-0.39, 0.29) is 6.10 Å². The highest BCUT2D eigenvalue weighted by molar-refractivity contribution is 5.34. The van der Waals surface area contributed by atoms with Crippen molar-refractivity contribution in [1.82, 2.24) is 0 Å². The lowest BCUT2D eigenvalue weighted by molar-refractivity contribution is 0.134. The molecular weight excluding hydrogens is 148 g/mol. The second-order valence-corrected chi connectivity index (χ2v) is 2.89. The first kappa shape index (κ1) is 7.56. The van der Waals surface area contributed by atoms with E-state index in [1.165, 1.54) is 11.1 Å². The van der Waals surface area contributed by atoms with Crippen molar-refractivity contribution in [3.8, 4) is 0 Å². The van der Waals surface area contributed by atoms with E-state index in [2.05, 4.69) is 24.3 Å². The first-order valence-corrected chi connectivity index (χ1v) is 4.10. The molecule has 0 amide bonds. The van der Waals surface area contributed by atoms with Gasteiger partial charge in [-0.25, -0.2) is 0 Å². The van der Waals surface area contributed by atoms with Crippen molar-refractivity contribution in [2.75, 3.05) is 7.11 Å². The van der Waals surface area contributed by atoms with Gasteiger partial charge in [0.25, 0.3) is 0 Å². The summed E-state index contributed by atoms with van der Waals surface area (Å²) in [4.78, 5) is 0. The second kappa shape index (κ2) is 3.11. The molecule has 1 aliphatic carbocycles. The van der Waals surface area contributed by atoms with E-state index in [4.69, 9.17) is 4.74 Å². The van der Waals surface area contributed by atoms with Gasteiger partial charge in [-0.3, -0.25) is 0 Å². The predicted octanol–water partition coefficient (Wildman–Crippen LogP) is 2.29. The van der Waals surface area contributed by atoms with Crippen molar-refractivity contribution in [3.05, 3.63) is 47.5 Å². The van der Waals surface area contributed by atoms with Crippen LogP contribution >= 0.6 is 0 Å². The molecule has 0 bridgehead atoms. The number of allylic oxidation sites excluding steroid dienone is 1. The number of hydrogen-bond donors (Lipinski definition) is 0. The summed E-state index contributed by atoms with van der Waals surface area (Å²) < 4.78 is 5.28. The molecule has 2 rings (SSSR count). The first-order chi connectivity index (χ1) is 5.92. The summed E-state index contributed by atoms with van der Waals surface area (Å²) in [6, 6.07) is 8.34. The van der Waals surface area contributed by atoms with E-state index < -0.39 is 0 Å². The van der Waals surface area contributed by atoms with Gasteiger partial charge in [0.05, 0.1) is 0 Å². The molecule has 0 fully saturated rings. The molecular formula is C11H11O. The molecule has 12 heavy (non-hydrogen) atoms. The van der Waals surface area contributed by atoms with Crippen LogP contribution in [-0.2, 0) is 11.2 Å². The largest absolute Gasteiger partial charge is 0.372 e. The van der Waals surface area contributed by atoms with Gasteiger partial charge in [-0.1, -0.05) is 30.3 Å². The average Bonchev–Trinajstić information content (AvgIpc) is 2.17. The number of rotatable bonds is 1. The number of fused-ring (bicyclic) bond motifs is 1. The van der Waals surface area contributed by atoms with Crippen LogP contribution in [0.2, 0.25) is 0 Å². The highest BCUT2D eigenvalue weighted by Crippen LogP contribution is 2.25. The maximum atomic E-state index is 5.28.